The highest BCUT2D eigenvalue weighted by Crippen LogP contribution is 2.24. The molecule has 1 amide bonds. The highest BCUT2D eigenvalue weighted by molar-refractivity contribution is 5.81. The molecular formula is C19H24N4O2. The van der Waals surface area contributed by atoms with Crippen LogP contribution in [-0.2, 0) is 11.3 Å². The molecule has 1 aromatic carbocycles. The first-order chi connectivity index (χ1) is 12.2. The number of piperazine rings is 1. The van der Waals surface area contributed by atoms with Crippen LogP contribution in [0.5, 0.6) is 0 Å². The van der Waals surface area contributed by atoms with Crippen molar-refractivity contribution < 1.29 is 4.79 Å². The van der Waals surface area contributed by atoms with Gasteiger partial charge in [0.1, 0.15) is 6.54 Å². The minimum Gasteiger partial charge on any atom is -0.339 e. The minimum atomic E-state index is -0.198. The number of fused-ring (bicyclic) bond motifs is 1. The van der Waals surface area contributed by atoms with Gasteiger partial charge in [-0.15, -0.1) is 0 Å². The third-order valence-corrected chi connectivity index (χ3v) is 5.55. The van der Waals surface area contributed by atoms with Crippen molar-refractivity contribution in [3.8, 4) is 0 Å². The summed E-state index contributed by atoms with van der Waals surface area (Å²) in [6, 6.07) is 8.06. The average molecular weight is 340 g/mol. The van der Waals surface area contributed by atoms with E-state index in [0.29, 0.717) is 11.4 Å². The summed E-state index contributed by atoms with van der Waals surface area (Å²) in [4.78, 5) is 29.5. The molecular weight excluding hydrogens is 316 g/mol. The molecule has 4 rings (SSSR count). The van der Waals surface area contributed by atoms with Crippen LogP contribution in [0, 0.1) is 0 Å². The molecule has 1 saturated carbocycles. The molecule has 2 fully saturated rings. The summed E-state index contributed by atoms with van der Waals surface area (Å²) in [5.74, 6) is -0.0176. The van der Waals surface area contributed by atoms with E-state index in [1.165, 1.54) is 30.4 Å². The van der Waals surface area contributed by atoms with Gasteiger partial charge in [0.15, 0.2) is 0 Å². The topological polar surface area (TPSA) is 58.4 Å². The number of aromatic nitrogens is 2. The standard InChI is InChI=1S/C19H24N4O2/c24-18(22-11-9-21(10-12-22)16-6-2-3-7-16)14-23-19(25)17-8-4-1-5-15(17)13-20-23/h1,4-5,8,13,16H,2-3,6-7,9-12,14H2. The summed E-state index contributed by atoms with van der Waals surface area (Å²) in [7, 11) is 0. The first-order valence-corrected chi connectivity index (χ1v) is 9.19. The van der Waals surface area contributed by atoms with Crippen LogP contribution in [0.1, 0.15) is 25.7 Å². The zero-order valence-corrected chi connectivity index (χ0v) is 14.4. The van der Waals surface area contributed by atoms with Crippen LogP contribution >= 0.6 is 0 Å². The average Bonchev–Trinajstić information content (AvgIpc) is 3.19. The van der Waals surface area contributed by atoms with E-state index in [2.05, 4.69) is 10.00 Å². The van der Waals surface area contributed by atoms with Crippen molar-refractivity contribution in [1.82, 2.24) is 19.6 Å². The molecule has 132 valence electrons. The van der Waals surface area contributed by atoms with E-state index >= 15 is 0 Å². The van der Waals surface area contributed by atoms with Gasteiger partial charge >= 0.3 is 0 Å². The molecule has 6 nitrogen and oxygen atoms in total. The van der Waals surface area contributed by atoms with Crippen molar-refractivity contribution in [2.45, 2.75) is 38.3 Å². The quantitative estimate of drug-likeness (QED) is 0.849. The fraction of sp³-hybridized carbons (Fsp3) is 0.526. The molecule has 0 spiro atoms. The number of rotatable bonds is 3. The van der Waals surface area contributed by atoms with Gasteiger partial charge in [0, 0.05) is 37.6 Å². The second kappa shape index (κ2) is 6.96. The minimum absolute atomic E-state index is 0.0176. The molecule has 2 aliphatic rings. The molecule has 1 aliphatic carbocycles. The van der Waals surface area contributed by atoms with E-state index in [4.69, 9.17) is 0 Å². The number of hydrogen-bond donors (Lipinski definition) is 0. The summed E-state index contributed by atoms with van der Waals surface area (Å²) in [6.45, 7) is 3.40. The van der Waals surface area contributed by atoms with Crippen molar-refractivity contribution >= 4 is 16.7 Å². The van der Waals surface area contributed by atoms with Crippen LogP contribution in [0.4, 0.5) is 0 Å². The third-order valence-electron chi connectivity index (χ3n) is 5.55. The third kappa shape index (κ3) is 3.31. The Labute approximate surface area is 147 Å². The van der Waals surface area contributed by atoms with Gasteiger partial charge in [-0.1, -0.05) is 31.0 Å². The number of carbonyl (C=O) groups is 1. The van der Waals surface area contributed by atoms with Crippen LogP contribution in [0.3, 0.4) is 0 Å². The molecule has 0 bridgehead atoms. The lowest BCUT2D eigenvalue weighted by Crippen LogP contribution is -2.52. The Bertz CT molecular complexity index is 818. The molecule has 2 heterocycles. The molecule has 0 atom stereocenters. The maximum Gasteiger partial charge on any atom is 0.275 e. The lowest BCUT2D eigenvalue weighted by molar-refractivity contribution is -0.134. The Morgan fingerprint density at radius 3 is 2.56 bits per heavy atom. The van der Waals surface area contributed by atoms with Crippen LogP contribution in [0.15, 0.2) is 35.3 Å². The first kappa shape index (κ1) is 16.3. The van der Waals surface area contributed by atoms with Gasteiger partial charge in [0.25, 0.3) is 5.56 Å². The predicted molar refractivity (Wildman–Crippen MR) is 96.4 cm³/mol. The summed E-state index contributed by atoms with van der Waals surface area (Å²) in [5, 5.41) is 5.58. The second-order valence-corrected chi connectivity index (χ2v) is 7.05. The van der Waals surface area contributed by atoms with Crippen LogP contribution in [0.2, 0.25) is 0 Å². The molecule has 1 aliphatic heterocycles. The molecule has 0 radical (unpaired) electrons. The number of amides is 1. The fourth-order valence-corrected chi connectivity index (χ4v) is 4.07. The predicted octanol–water partition coefficient (Wildman–Crippen LogP) is 1.48. The number of hydrogen-bond acceptors (Lipinski definition) is 4. The van der Waals surface area contributed by atoms with E-state index in [9.17, 15) is 9.59 Å². The Balaban J connectivity index is 1.41. The molecule has 1 aromatic heterocycles. The van der Waals surface area contributed by atoms with E-state index in [0.717, 1.165) is 31.6 Å². The lowest BCUT2D eigenvalue weighted by atomic mass is 10.2. The van der Waals surface area contributed by atoms with Gasteiger partial charge in [-0.2, -0.15) is 5.10 Å². The van der Waals surface area contributed by atoms with E-state index in [-0.39, 0.29) is 18.0 Å². The smallest absolute Gasteiger partial charge is 0.275 e. The van der Waals surface area contributed by atoms with Crippen molar-refractivity contribution in [2.75, 3.05) is 26.2 Å². The Hall–Kier alpha value is -2.21. The van der Waals surface area contributed by atoms with Crippen LogP contribution in [-0.4, -0.2) is 57.7 Å². The van der Waals surface area contributed by atoms with Gasteiger partial charge in [0.05, 0.1) is 11.6 Å². The van der Waals surface area contributed by atoms with Crippen molar-refractivity contribution in [3.05, 3.63) is 40.8 Å². The van der Waals surface area contributed by atoms with E-state index in [1.807, 2.05) is 23.1 Å². The second-order valence-electron chi connectivity index (χ2n) is 7.05. The molecule has 0 unspecified atom stereocenters. The Morgan fingerprint density at radius 2 is 1.80 bits per heavy atom. The highest BCUT2D eigenvalue weighted by Gasteiger charge is 2.28. The summed E-state index contributed by atoms with van der Waals surface area (Å²) >= 11 is 0. The van der Waals surface area contributed by atoms with Crippen LogP contribution in [0.25, 0.3) is 10.8 Å². The zero-order chi connectivity index (χ0) is 17.2. The maximum atomic E-state index is 12.6. The number of carbonyl (C=O) groups excluding carboxylic acids is 1. The normalized spacial score (nSPS) is 19.6. The number of benzene rings is 1. The lowest BCUT2D eigenvalue weighted by Gasteiger charge is -2.38. The molecule has 1 saturated heterocycles. The van der Waals surface area contributed by atoms with Crippen molar-refractivity contribution in [2.24, 2.45) is 0 Å². The van der Waals surface area contributed by atoms with Gasteiger partial charge in [-0.25, -0.2) is 4.68 Å². The van der Waals surface area contributed by atoms with Crippen LogP contribution < -0.4 is 5.56 Å². The van der Waals surface area contributed by atoms with Gasteiger partial charge in [0.2, 0.25) is 5.91 Å². The molecule has 6 heteroatoms. The van der Waals surface area contributed by atoms with Gasteiger partial charge < -0.3 is 4.90 Å². The maximum absolute atomic E-state index is 12.6. The summed E-state index contributed by atoms with van der Waals surface area (Å²) < 4.78 is 1.29. The Morgan fingerprint density at radius 1 is 1.08 bits per heavy atom. The van der Waals surface area contributed by atoms with Crippen molar-refractivity contribution in [3.63, 3.8) is 0 Å². The van der Waals surface area contributed by atoms with Gasteiger partial charge in [-0.05, 0) is 18.9 Å². The largest absolute Gasteiger partial charge is 0.339 e. The fourth-order valence-electron chi connectivity index (χ4n) is 4.07. The van der Waals surface area contributed by atoms with E-state index < -0.39 is 0 Å². The number of nitrogens with zero attached hydrogens (tertiary/aromatic N) is 4. The molecule has 2 aromatic rings. The summed E-state index contributed by atoms with van der Waals surface area (Å²) in [5.41, 5.74) is -0.198. The van der Waals surface area contributed by atoms with E-state index in [1.54, 1.807) is 12.3 Å². The van der Waals surface area contributed by atoms with Crippen molar-refractivity contribution in [1.29, 1.82) is 0 Å². The Kier molecular flexibility index (Phi) is 4.53. The zero-order valence-electron chi connectivity index (χ0n) is 14.4. The summed E-state index contributed by atoms with van der Waals surface area (Å²) in [6.07, 6.45) is 6.91. The molecule has 25 heavy (non-hydrogen) atoms. The molecule has 0 N–H and O–H groups in total. The SMILES string of the molecule is O=C(Cn1ncc2ccccc2c1=O)N1CCN(C2CCCC2)CC1. The van der Waals surface area contributed by atoms with Gasteiger partial charge in [-0.3, -0.25) is 14.5 Å². The highest BCUT2D eigenvalue weighted by atomic mass is 16.2. The monoisotopic (exact) mass is 340 g/mol. The first-order valence-electron chi connectivity index (χ1n) is 9.19.